The molecule has 2 aromatic rings. The molecule has 0 amide bonds. The number of sulfonamides is 1. The molecule has 0 aliphatic rings. The summed E-state index contributed by atoms with van der Waals surface area (Å²) in [6.45, 7) is 0. The van der Waals surface area contributed by atoms with Crippen LogP contribution in [-0.2, 0) is 14.8 Å². The monoisotopic (exact) mass is 387 g/mol. The lowest BCUT2D eigenvalue weighted by Gasteiger charge is -2.12. The number of carboxylic acids is 1. The van der Waals surface area contributed by atoms with Crippen LogP contribution < -0.4 is 9.46 Å². The Morgan fingerprint density at radius 3 is 2.46 bits per heavy atom. The summed E-state index contributed by atoms with van der Waals surface area (Å²) in [4.78, 5) is 10.3. The van der Waals surface area contributed by atoms with Crippen molar-refractivity contribution in [2.24, 2.45) is 0 Å². The molecule has 0 atom stereocenters. The van der Waals surface area contributed by atoms with Gasteiger partial charge in [-0.05, 0) is 35.9 Å². The summed E-state index contributed by atoms with van der Waals surface area (Å²) in [6, 6.07) is 9.76. The van der Waals surface area contributed by atoms with E-state index >= 15 is 0 Å². The van der Waals surface area contributed by atoms with Crippen LogP contribution in [0, 0.1) is 0 Å². The highest BCUT2D eigenvalue weighted by Gasteiger charge is 2.31. The van der Waals surface area contributed by atoms with Crippen LogP contribution in [0.1, 0.15) is 5.56 Å². The Morgan fingerprint density at radius 1 is 1.12 bits per heavy atom. The Hall–Kier alpha value is -3.01. The van der Waals surface area contributed by atoms with E-state index in [1.165, 1.54) is 42.5 Å². The second-order valence-corrected chi connectivity index (χ2v) is 6.61. The van der Waals surface area contributed by atoms with Crippen LogP contribution in [0.15, 0.2) is 59.5 Å². The van der Waals surface area contributed by atoms with Crippen LogP contribution in [0.4, 0.5) is 18.9 Å². The Morgan fingerprint density at radius 2 is 1.81 bits per heavy atom. The summed E-state index contributed by atoms with van der Waals surface area (Å²) in [5.41, 5.74) is 0.197. The number of nitrogens with one attached hydrogen (secondary N) is 1. The van der Waals surface area contributed by atoms with Gasteiger partial charge in [0.25, 0.3) is 10.0 Å². The molecule has 0 spiro atoms. The molecule has 0 fully saturated rings. The summed E-state index contributed by atoms with van der Waals surface area (Å²) in [6.07, 6.45) is -2.85. The predicted octanol–water partition coefficient (Wildman–Crippen LogP) is 3.48. The van der Waals surface area contributed by atoms with E-state index in [0.29, 0.717) is 5.56 Å². The van der Waals surface area contributed by atoms with Gasteiger partial charge in [-0.2, -0.15) is 0 Å². The third kappa shape index (κ3) is 5.81. The molecular weight excluding hydrogens is 375 g/mol. The van der Waals surface area contributed by atoms with Crippen molar-refractivity contribution in [1.82, 2.24) is 0 Å². The highest BCUT2D eigenvalue weighted by atomic mass is 32.2. The average molecular weight is 387 g/mol. The normalized spacial score (nSPS) is 12.1. The fourth-order valence-corrected chi connectivity index (χ4v) is 3.03. The number of aliphatic carboxylic acids is 1. The van der Waals surface area contributed by atoms with Crippen LogP contribution in [-0.4, -0.2) is 25.9 Å². The first-order valence-electron chi connectivity index (χ1n) is 6.95. The number of alkyl halides is 3. The minimum absolute atomic E-state index is 0.127. The summed E-state index contributed by atoms with van der Waals surface area (Å²) in [5.74, 6) is -1.77. The topological polar surface area (TPSA) is 92.7 Å². The van der Waals surface area contributed by atoms with Gasteiger partial charge in [0.05, 0.1) is 10.6 Å². The quantitative estimate of drug-likeness (QED) is 0.741. The molecule has 26 heavy (non-hydrogen) atoms. The van der Waals surface area contributed by atoms with Crippen LogP contribution in [0.3, 0.4) is 0 Å². The lowest BCUT2D eigenvalue weighted by atomic mass is 10.2. The molecule has 2 aromatic carbocycles. The van der Waals surface area contributed by atoms with Gasteiger partial charge in [-0.3, -0.25) is 4.72 Å². The minimum Gasteiger partial charge on any atom is -0.478 e. The molecule has 0 aromatic heterocycles. The molecule has 138 valence electrons. The van der Waals surface area contributed by atoms with Crippen molar-refractivity contribution in [3.05, 3.63) is 60.2 Å². The number of hydrogen-bond acceptors (Lipinski definition) is 4. The number of halogens is 3. The van der Waals surface area contributed by atoms with E-state index in [0.717, 1.165) is 18.2 Å². The van der Waals surface area contributed by atoms with E-state index in [-0.39, 0.29) is 10.6 Å². The van der Waals surface area contributed by atoms with Gasteiger partial charge < -0.3 is 9.84 Å². The molecule has 0 heterocycles. The number of carbonyl (C=O) groups is 1. The molecule has 0 aliphatic heterocycles. The van der Waals surface area contributed by atoms with Gasteiger partial charge in [0.1, 0.15) is 5.75 Å². The van der Waals surface area contributed by atoms with E-state index in [9.17, 15) is 26.4 Å². The van der Waals surface area contributed by atoms with Gasteiger partial charge >= 0.3 is 12.3 Å². The zero-order valence-electron chi connectivity index (χ0n) is 12.9. The lowest BCUT2D eigenvalue weighted by molar-refractivity contribution is -0.274. The molecule has 0 aliphatic carbocycles. The van der Waals surface area contributed by atoms with E-state index in [2.05, 4.69) is 9.46 Å². The summed E-state index contributed by atoms with van der Waals surface area (Å²) >= 11 is 0. The number of hydrogen-bond donors (Lipinski definition) is 2. The van der Waals surface area contributed by atoms with Gasteiger partial charge in [-0.25, -0.2) is 13.2 Å². The van der Waals surface area contributed by atoms with Crippen molar-refractivity contribution >= 4 is 27.8 Å². The van der Waals surface area contributed by atoms with Crippen LogP contribution in [0.25, 0.3) is 6.08 Å². The molecule has 2 rings (SSSR count). The highest BCUT2D eigenvalue weighted by molar-refractivity contribution is 7.92. The Balaban J connectivity index is 2.25. The zero-order chi connectivity index (χ0) is 19.4. The van der Waals surface area contributed by atoms with Crippen LogP contribution >= 0.6 is 0 Å². The fraction of sp³-hybridized carbons (Fsp3) is 0.0625. The van der Waals surface area contributed by atoms with E-state index < -0.39 is 28.1 Å². The number of anilines is 1. The number of carboxylic acid groups (broad SMARTS) is 1. The maximum Gasteiger partial charge on any atom is 0.573 e. The first kappa shape index (κ1) is 19.3. The maximum absolute atomic E-state index is 12.4. The van der Waals surface area contributed by atoms with Gasteiger partial charge in [0.15, 0.2) is 0 Å². The molecule has 0 saturated carbocycles. The Kier molecular flexibility index (Phi) is 5.56. The first-order chi connectivity index (χ1) is 12.0. The van der Waals surface area contributed by atoms with Gasteiger partial charge in [0, 0.05) is 12.1 Å². The fourth-order valence-electron chi connectivity index (χ4n) is 1.92. The van der Waals surface area contributed by atoms with Gasteiger partial charge in [-0.1, -0.05) is 18.2 Å². The van der Waals surface area contributed by atoms with Crippen molar-refractivity contribution in [2.75, 3.05) is 4.72 Å². The maximum atomic E-state index is 12.4. The lowest BCUT2D eigenvalue weighted by Crippen LogP contribution is -2.17. The molecule has 0 radical (unpaired) electrons. The second kappa shape index (κ2) is 7.48. The first-order valence-corrected chi connectivity index (χ1v) is 8.43. The van der Waals surface area contributed by atoms with Crippen molar-refractivity contribution in [3.63, 3.8) is 0 Å². The highest BCUT2D eigenvalue weighted by Crippen LogP contribution is 2.26. The Bertz CT molecular complexity index is 939. The SMILES string of the molecule is O=C(O)/C=C/c1cccc(S(=O)(=O)Nc2cccc(OC(F)(F)F)c2)c1. The van der Waals surface area contributed by atoms with Crippen molar-refractivity contribution < 1.29 is 36.2 Å². The molecule has 0 unspecified atom stereocenters. The Labute approximate surface area is 146 Å². The molecule has 2 N–H and O–H groups in total. The second-order valence-electron chi connectivity index (χ2n) is 4.93. The predicted molar refractivity (Wildman–Crippen MR) is 87.0 cm³/mol. The van der Waals surface area contributed by atoms with Gasteiger partial charge in [-0.15, -0.1) is 13.2 Å². The minimum atomic E-state index is -4.90. The molecule has 10 heteroatoms. The third-order valence-corrected chi connectivity index (χ3v) is 4.29. The number of rotatable bonds is 6. The van der Waals surface area contributed by atoms with E-state index in [4.69, 9.17) is 5.11 Å². The van der Waals surface area contributed by atoms with Crippen molar-refractivity contribution in [2.45, 2.75) is 11.3 Å². The van der Waals surface area contributed by atoms with Crippen molar-refractivity contribution in [1.29, 1.82) is 0 Å². The number of benzene rings is 2. The van der Waals surface area contributed by atoms with Crippen LogP contribution in [0.5, 0.6) is 5.75 Å². The molecule has 0 saturated heterocycles. The van der Waals surface area contributed by atoms with Crippen LogP contribution in [0.2, 0.25) is 0 Å². The largest absolute Gasteiger partial charge is 0.573 e. The third-order valence-electron chi connectivity index (χ3n) is 2.91. The average Bonchev–Trinajstić information content (AvgIpc) is 2.51. The standard InChI is InChI=1S/C16H12F3NO5S/c17-16(18,19)25-13-5-2-4-12(10-13)20-26(23,24)14-6-1-3-11(9-14)7-8-15(21)22/h1-10,20H,(H,21,22)/b8-7+. The van der Waals surface area contributed by atoms with E-state index in [1.807, 2.05) is 0 Å². The van der Waals surface area contributed by atoms with Crippen molar-refractivity contribution in [3.8, 4) is 5.75 Å². The zero-order valence-corrected chi connectivity index (χ0v) is 13.7. The summed E-state index contributed by atoms with van der Waals surface area (Å²) in [5, 5.41) is 8.60. The van der Waals surface area contributed by atoms with E-state index in [1.54, 1.807) is 0 Å². The molecular formula is C16H12F3NO5S. The van der Waals surface area contributed by atoms with Gasteiger partial charge in [0.2, 0.25) is 0 Å². The summed E-state index contributed by atoms with van der Waals surface area (Å²) < 4.78 is 67.3. The smallest absolute Gasteiger partial charge is 0.478 e. The molecule has 0 bridgehead atoms. The summed E-state index contributed by atoms with van der Waals surface area (Å²) in [7, 11) is -4.10. The number of ether oxygens (including phenoxy) is 1. The molecule has 6 nitrogen and oxygen atoms in total.